The molecule has 1 saturated heterocycles. The van der Waals surface area contributed by atoms with Gasteiger partial charge >= 0.3 is 0 Å². The summed E-state index contributed by atoms with van der Waals surface area (Å²) in [4.78, 5) is 29.5. The molecular weight excluding hydrogens is 362 g/mol. The van der Waals surface area contributed by atoms with Gasteiger partial charge in [-0.15, -0.1) is 0 Å². The Morgan fingerprint density at radius 3 is 2.56 bits per heavy atom. The number of nitrogens with zero attached hydrogens (tertiary/aromatic N) is 3. The molecule has 1 aromatic carbocycles. The number of piperidine rings is 1. The summed E-state index contributed by atoms with van der Waals surface area (Å²) in [7, 11) is 3.83. The number of hydrogen-bond donors (Lipinski definition) is 0. The first-order valence-corrected chi connectivity index (χ1v) is 9.72. The molecule has 2 aromatic rings. The van der Waals surface area contributed by atoms with Crippen molar-refractivity contribution in [2.24, 2.45) is 5.92 Å². The number of carbonyl (C=O) groups excluding carboxylic acids is 1. The lowest BCUT2D eigenvalue weighted by molar-refractivity contribution is -0.134. The molecule has 0 aliphatic carbocycles. The van der Waals surface area contributed by atoms with E-state index in [0.29, 0.717) is 36.1 Å². The monoisotopic (exact) mass is 385 g/mol. The predicted molar refractivity (Wildman–Crippen MR) is 107 cm³/mol. The highest BCUT2D eigenvalue weighted by molar-refractivity contribution is 6.30. The number of amides is 1. The van der Waals surface area contributed by atoms with Crippen LogP contribution in [0, 0.1) is 5.92 Å². The van der Waals surface area contributed by atoms with Gasteiger partial charge in [0, 0.05) is 41.8 Å². The van der Waals surface area contributed by atoms with Gasteiger partial charge in [0.1, 0.15) is 0 Å². The van der Waals surface area contributed by atoms with Crippen molar-refractivity contribution in [3.05, 3.63) is 57.5 Å². The molecule has 2 bridgehead atoms. The molecule has 142 valence electrons. The second kappa shape index (κ2) is 7.13. The summed E-state index contributed by atoms with van der Waals surface area (Å²) in [5, 5.41) is 0.661. The molecule has 1 aromatic heterocycles. The number of pyridine rings is 1. The van der Waals surface area contributed by atoms with Gasteiger partial charge in [-0.2, -0.15) is 0 Å². The minimum Gasteiger partial charge on any atom is -0.341 e. The average molecular weight is 386 g/mol. The third-order valence-corrected chi connectivity index (χ3v) is 5.82. The molecule has 1 fully saturated rings. The van der Waals surface area contributed by atoms with Crippen molar-refractivity contribution in [1.82, 2.24) is 14.4 Å². The number of likely N-dealkylation sites (N-methyl/N-ethyl adjacent to an activating group) is 1. The van der Waals surface area contributed by atoms with E-state index < -0.39 is 0 Å². The van der Waals surface area contributed by atoms with E-state index in [4.69, 9.17) is 11.6 Å². The van der Waals surface area contributed by atoms with Crippen LogP contribution in [0.2, 0.25) is 5.02 Å². The topological polar surface area (TPSA) is 45.6 Å². The quantitative estimate of drug-likeness (QED) is 0.816. The van der Waals surface area contributed by atoms with E-state index in [0.717, 1.165) is 24.2 Å². The minimum absolute atomic E-state index is 0.0533. The Morgan fingerprint density at radius 1 is 1.11 bits per heavy atom. The number of halogens is 1. The minimum atomic E-state index is 0.0533. The molecule has 0 N–H and O–H groups in total. The number of hydrogen-bond acceptors (Lipinski definition) is 3. The van der Waals surface area contributed by atoms with Crippen LogP contribution in [0.3, 0.4) is 0 Å². The van der Waals surface area contributed by atoms with Gasteiger partial charge in [-0.05, 0) is 56.3 Å². The summed E-state index contributed by atoms with van der Waals surface area (Å²) >= 11 is 5.97. The van der Waals surface area contributed by atoms with Gasteiger partial charge in [0.15, 0.2) is 0 Å². The average Bonchev–Trinajstić information content (AvgIpc) is 2.63. The maximum Gasteiger partial charge on any atom is 0.258 e. The first-order valence-electron chi connectivity index (χ1n) is 9.34. The Labute approximate surface area is 164 Å². The fraction of sp³-hybridized carbons (Fsp3) is 0.429. The van der Waals surface area contributed by atoms with Crippen LogP contribution in [0.15, 0.2) is 41.2 Å². The van der Waals surface area contributed by atoms with E-state index >= 15 is 0 Å². The Hall–Kier alpha value is -2.11. The van der Waals surface area contributed by atoms with Gasteiger partial charge in [-0.1, -0.05) is 23.7 Å². The maximum absolute atomic E-state index is 13.1. The van der Waals surface area contributed by atoms with Gasteiger partial charge < -0.3 is 14.4 Å². The van der Waals surface area contributed by atoms with E-state index in [-0.39, 0.29) is 17.4 Å². The summed E-state index contributed by atoms with van der Waals surface area (Å²) in [6.45, 7) is 2.54. The van der Waals surface area contributed by atoms with Crippen molar-refractivity contribution in [1.29, 1.82) is 0 Å². The van der Waals surface area contributed by atoms with Crippen molar-refractivity contribution in [2.75, 3.05) is 33.7 Å². The van der Waals surface area contributed by atoms with E-state index in [1.807, 2.05) is 58.8 Å². The lowest BCUT2D eigenvalue weighted by Gasteiger charge is -2.43. The molecule has 1 amide bonds. The number of likely N-dealkylation sites (tertiary alicyclic amines) is 1. The highest BCUT2D eigenvalue weighted by Gasteiger charge is 2.36. The number of fused-ring (bicyclic) bond motifs is 4. The van der Waals surface area contributed by atoms with Gasteiger partial charge in [0.25, 0.3) is 5.56 Å². The van der Waals surface area contributed by atoms with Crippen LogP contribution in [-0.4, -0.2) is 54.0 Å². The second-order valence-electron chi connectivity index (χ2n) is 7.93. The third-order valence-electron chi connectivity index (χ3n) is 5.56. The lowest BCUT2D eigenvalue weighted by Crippen LogP contribution is -2.51. The van der Waals surface area contributed by atoms with Gasteiger partial charge in [-0.25, -0.2) is 0 Å². The Morgan fingerprint density at radius 2 is 1.85 bits per heavy atom. The maximum atomic E-state index is 13.1. The number of aromatic nitrogens is 1. The molecule has 2 aliphatic rings. The molecule has 4 rings (SSSR count). The van der Waals surface area contributed by atoms with Crippen molar-refractivity contribution >= 4 is 17.5 Å². The van der Waals surface area contributed by atoms with Crippen LogP contribution in [0.4, 0.5) is 0 Å². The number of rotatable bonds is 3. The zero-order valence-electron chi connectivity index (χ0n) is 15.7. The Bertz CT molecular complexity index is 920. The molecule has 6 heteroatoms. The van der Waals surface area contributed by atoms with Crippen LogP contribution >= 0.6 is 11.6 Å². The second-order valence-corrected chi connectivity index (χ2v) is 8.37. The highest BCUT2D eigenvalue weighted by atomic mass is 35.5. The fourth-order valence-corrected chi connectivity index (χ4v) is 4.50. The standard InChI is InChI=1S/C21H24ClN3O2/c1-23(2)13-20(26)24-10-14-9-16(12-24)19-8-7-18(21(27)25(19)11-14)15-3-5-17(22)6-4-15/h3-8,14,16H,9-13H2,1-2H3/t14-,16+/m0/s1. The molecule has 5 nitrogen and oxygen atoms in total. The fourth-order valence-electron chi connectivity index (χ4n) is 4.37. The summed E-state index contributed by atoms with van der Waals surface area (Å²) in [5.74, 6) is 0.736. The van der Waals surface area contributed by atoms with Crippen molar-refractivity contribution in [3.8, 4) is 11.1 Å². The summed E-state index contributed by atoms with van der Waals surface area (Å²) in [6.07, 6.45) is 1.05. The zero-order valence-corrected chi connectivity index (χ0v) is 16.4. The van der Waals surface area contributed by atoms with Crippen LogP contribution < -0.4 is 5.56 Å². The smallest absolute Gasteiger partial charge is 0.258 e. The number of benzene rings is 1. The van der Waals surface area contributed by atoms with Gasteiger partial charge in [0.05, 0.1) is 6.54 Å². The van der Waals surface area contributed by atoms with E-state index in [1.165, 1.54) is 0 Å². The van der Waals surface area contributed by atoms with Crippen LogP contribution in [0.5, 0.6) is 0 Å². The molecule has 0 saturated carbocycles. The molecule has 2 atom stereocenters. The molecule has 3 heterocycles. The first-order chi connectivity index (χ1) is 12.9. The van der Waals surface area contributed by atoms with E-state index in [1.54, 1.807) is 0 Å². The molecular formula is C21H24ClN3O2. The largest absolute Gasteiger partial charge is 0.341 e. The van der Waals surface area contributed by atoms with Crippen molar-refractivity contribution < 1.29 is 4.79 Å². The summed E-state index contributed by atoms with van der Waals surface area (Å²) < 4.78 is 1.93. The van der Waals surface area contributed by atoms with Crippen molar-refractivity contribution in [2.45, 2.75) is 18.9 Å². The number of carbonyl (C=O) groups is 1. The molecule has 27 heavy (non-hydrogen) atoms. The summed E-state index contributed by atoms with van der Waals surface area (Å²) in [5.41, 5.74) is 2.70. The Balaban J connectivity index is 1.64. The predicted octanol–water partition coefficient (Wildman–Crippen LogP) is 2.68. The normalized spacial score (nSPS) is 21.3. The SMILES string of the molecule is CN(C)CC(=O)N1C[C@@H]2C[C@H](C1)c1ccc(-c3ccc(Cl)cc3)c(=O)n1C2. The van der Waals surface area contributed by atoms with Gasteiger partial charge in [0.2, 0.25) is 5.91 Å². The zero-order chi connectivity index (χ0) is 19.1. The lowest BCUT2D eigenvalue weighted by atomic mass is 9.82. The third kappa shape index (κ3) is 3.54. The molecule has 0 unspecified atom stereocenters. The summed E-state index contributed by atoms with van der Waals surface area (Å²) in [6, 6.07) is 11.4. The molecule has 2 aliphatic heterocycles. The van der Waals surface area contributed by atoms with E-state index in [9.17, 15) is 9.59 Å². The van der Waals surface area contributed by atoms with E-state index in [2.05, 4.69) is 6.07 Å². The molecule has 0 radical (unpaired) electrons. The van der Waals surface area contributed by atoms with Gasteiger partial charge in [-0.3, -0.25) is 9.59 Å². The first kappa shape index (κ1) is 18.3. The van der Waals surface area contributed by atoms with Crippen molar-refractivity contribution in [3.63, 3.8) is 0 Å². The highest BCUT2D eigenvalue weighted by Crippen LogP contribution is 2.35. The van der Waals surface area contributed by atoms with Crippen LogP contribution in [0.1, 0.15) is 18.0 Å². The van der Waals surface area contributed by atoms with Crippen LogP contribution in [-0.2, 0) is 11.3 Å². The molecule has 0 spiro atoms. The Kier molecular flexibility index (Phi) is 4.82. The van der Waals surface area contributed by atoms with Crippen LogP contribution in [0.25, 0.3) is 11.1 Å².